The minimum atomic E-state index is 0.785. The molecule has 4 rings (SSSR count). The molecule has 2 aliphatic heterocycles. The zero-order valence-corrected chi connectivity index (χ0v) is 13.7. The number of hydrogen-bond acceptors (Lipinski definition) is 4. The van der Waals surface area contributed by atoms with Crippen LogP contribution in [0.3, 0.4) is 0 Å². The van der Waals surface area contributed by atoms with E-state index in [-0.39, 0.29) is 0 Å². The molecule has 2 saturated heterocycles. The van der Waals surface area contributed by atoms with Gasteiger partial charge in [0, 0.05) is 56.7 Å². The second-order valence-corrected chi connectivity index (χ2v) is 7.26. The van der Waals surface area contributed by atoms with Gasteiger partial charge in [0.2, 0.25) is 0 Å². The number of benzene rings is 1. The Hall–Kier alpha value is -1.20. The summed E-state index contributed by atoms with van der Waals surface area (Å²) in [5, 5.41) is 5.57. The summed E-state index contributed by atoms with van der Waals surface area (Å²) in [6.45, 7) is 8.29. The van der Waals surface area contributed by atoms with Crippen molar-refractivity contribution in [3.05, 3.63) is 47.3 Å². The van der Waals surface area contributed by atoms with Gasteiger partial charge in [0.25, 0.3) is 0 Å². The van der Waals surface area contributed by atoms with Crippen LogP contribution in [-0.2, 0) is 6.54 Å². The van der Waals surface area contributed by atoms with Crippen LogP contribution >= 0.6 is 11.3 Å². The molecule has 0 saturated carbocycles. The lowest BCUT2D eigenvalue weighted by atomic mass is 10.0. The molecule has 116 valence electrons. The Labute approximate surface area is 136 Å². The van der Waals surface area contributed by atoms with Crippen molar-refractivity contribution in [3.63, 3.8) is 0 Å². The smallest absolute Gasteiger partial charge is 0.0351 e. The Morgan fingerprint density at radius 1 is 1.05 bits per heavy atom. The Morgan fingerprint density at radius 2 is 1.82 bits per heavy atom. The van der Waals surface area contributed by atoms with Crippen LogP contribution in [0.1, 0.15) is 5.56 Å². The molecule has 2 fully saturated rings. The van der Waals surface area contributed by atoms with Gasteiger partial charge in [-0.3, -0.25) is 9.80 Å². The summed E-state index contributed by atoms with van der Waals surface area (Å²) in [5.74, 6) is 0. The standard InChI is InChI=1S/C18H23N3S/c1-2-18(22-11-1)16-5-3-15(4-6-16)12-20-13-17(14-20)21-9-7-19-8-10-21/h1-6,11,17,19H,7-10,12-14H2. The molecule has 0 spiro atoms. The number of rotatable bonds is 4. The van der Waals surface area contributed by atoms with E-state index in [0.717, 1.165) is 25.7 Å². The van der Waals surface area contributed by atoms with E-state index in [4.69, 9.17) is 0 Å². The highest BCUT2D eigenvalue weighted by Gasteiger charge is 2.31. The molecule has 2 aliphatic rings. The van der Waals surface area contributed by atoms with Gasteiger partial charge in [0.15, 0.2) is 0 Å². The van der Waals surface area contributed by atoms with Gasteiger partial charge in [-0.1, -0.05) is 30.3 Å². The Bertz CT molecular complexity index is 581. The van der Waals surface area contributed by atoms with Crippen molar-refractivity contribution in [2.45, 2.75) is 12.6 Å². The summed E-state index contributed by atoms with van der Waals surface area (Å²) in [5.41, 5.74) is 2.76. The maximum absolute atomic E-state index is 3.43. The summed E-state index contributed by atoms with van der Waals surface area (Å²) < 4.78 is 0. The minimum Gasteiger partial charge on any atom is -0.314 e. The molecule has 22 heavy (non-hydrogen) atoms. The van der Waals surface area contributed by atoms with Crippen molar-refractivity contribution in [1.82, 2.24) is 15.1 Å². The molecule has 2 aromatic rings. The van der Waals surface area contributed by atoms with Crippen molar-refractivity contribution in [1.29, 1.82) is 0 Å². The van der Waals surface area contributed by atoms with E-state index in [0.29, 0.717) is 0 Å². The van der Waals surface area contributed by atoms with Gasteiger partial charge in [-0.2, -0.15) is 0 Å². The molecule has 4 heteroatoms. The predicted octanol–water partition coefficient (Wildman–Crippen LogP) is 2.50. The number of hydrogen-bond donors (Lipinski definition) is 1. The van der Waals surface area contributed by atoms with Crippen LogP contribution in [0.15, 0.2) is 41.8 Å². The van der Waals surface area contributed by atoms with Crippen LogP contribution in [0, 0.1) is 0 Å². The van der Waals surface area contributed by atoms with Crippen LogP contribution < -0.4 is 5.32 Å². The van der Waals surface area contributed by atoms with Crippen molar-refractivity contribution in [2.24, 2.45) is 0 Å². The lowest BCUT2D eigenvalue weighted by molar-refractivity contribution is 0.0223. The Kier molecular flexibility index (Phi) is 4.26. The highest BCUT2D eigenvalue weighted by Crippen LogP contribution is 2.25. The van der Waals surface area contributed by atoms with Crippen molar-refractivity contribution in [3.8, 4) is 10.4 Å². The van der Waals surface area contributed by atoms with Gasteiger partial charge in [-0.25, -0.2) is 0 Å². The molecule has 3 heterocycles. The minimum absolute atomic E-state index is 0.785. The van der Waals surface area contributed by atoms with Crippen molar-refractivity contribution >= 4 is 11.3 Å². The maximum atomic E-state index is 3.43. The quantitative estimate of drug-likeness (QED) is 0.936. The normalized spacial score (nSPS) is 20.9. The molecular weight excluding hydrogens is 290 g/mol. The first-order chi connectivity index (χ1) is 10.9. The first-order valence-corrected chi connectivity index (χ1v) is 9.06. The van der Waals surface area contributed by atoms with E-state index in [1.165, 1.54) is 42.2 Å². The molecule has 0 unspecified atom stereocenters. The molecule has 1 aromatic carbocycles. The third kappa shape index (κ3) is 3.10. The SMILES string of the molecule is c1csc(-c2ccc(CN3CC(N4CCNCC4)C3)cc2)c1. The first-order valence-electron chi connectivity index (χ1n) is 8.18. The van der Waals surface area contributed by atoms with Crippen LogP contribution in [-0.4, -0.2) is 55.1 Å². The number of nitrogens with one attached hydrogen (secondary N) is 1. The predicted molar refractivity (Wildman–Crippen MR) is 93.3 cm³/mol. The first kappa shape index (κ1) is 14.4. The fourth-order valence-corrected chi connectivity index (χ4v) is 4.16. The van der Waals surface area contributed by atoms with Crippen molar-refractivity contribution in [2.75, 3.05) is 39.3 Å². The van der Waals surface area contributed by atoms with Crippen LogP contribution in [0.25, 0.3) is 10.4 Å². The summed E-state index contributed by atoms with van der Waals surface area (Å²) in [6.07, 6.45) is 0. The lowest BCUT2D eigenvalue weighted by Gasteiger charge is -2.46. The number of piperazine rings is 1. The number of likely N-dealkylation sites (tertiary alicyclic amines) is 1. The van der Waals surface area contributed by atoms with Crippen LogP contribution in [0.2, 0.25) is 0 Å². The summed E-state index contributed by atoms with van der Waals surface area (Å²) in [4.78, 5) is 6.56. The van der Waals surface area contributed by atoms with E-state index in [1.807, 2.05) is 0 Å². The molecule has 3 nitrogen and oxygen atoms in total. The maximum Gasteiger partial charge on any atom is 0.0351 e. The second kappa shape index (κ2) is 6.50. The average Bonchev–Trinajstić information content (AvgIpc) is 3.06. The van der Waals surface area contributed by atoms with E-state index < -0.39 is 0 Å². The second-order valence-electron chi connectivity index (χ2n) is 6.31. The topological polar surface area (TPSA) is 18.5 Å². The van der Waals surface area contributed by atoms with Crippen LogP contribution in [0.5, 0.6) is 0 Å². The van der Waals surface area contributed by atoms with E-state index in [2.05, 4.69) is 56.9 Å². The number of thiophene rings is 1. The lowest BCUT2D eigenvalue weighted by Crippen LogP contribution is -2.62. The van der Waals surface area contributed by atoms with Gasteiger partial charge in [-0.05, 0) is 22.6 Å². The Morgan fingerprint density at radius 3 is 2.50 bits per heavy atom. The molecule has 0 aliphatic carbocycles. The third-order valence-corrected chi connectivity index (χ3v) is 5.69. The monoisotopic (exact) mass is 313 g/mol. The van der Waals surface area contributed by atoms with Gasteiger partial charge < -0.3 is 5.32 Å². The molecule has 0 atom stereocenters. The Balaban J connectivity index is 1.29. The van der Waals surface area contributed by atoms with Crippen LogP contribution in [0.4, 0.5) is 0 Å². The molecule has 1 N–H and O–H groups in total. The largest absolute Gasteiger partial charge is 0.314 e. The van der Waals surface area contributed by atoms with E-state index in [1.54, 1.807) is 11.3 Å². The fourth-order valence-electron chi connectivity index (χ4n) is 3.43. The third-order valence-electron chi connectivity index (χ3n) is 4.77. The zero-order chi connectivity index (χ0) is 14.8. The van der Waals surface area contributed by atoms with Gasteiger partial charge in [0.1, 0.15) is 0 Å². The summed E-state index contributed by atoms with van der Waals surface area (Å²) >= 11 is 1.81. The van der Waals surface area contributed by atoms with Gasteiger partial charge >= 0.3 is 0 Å². The molecule has 0 amide bonds. The molecule has 0 bridgehead atoms. The summed E-state index contributed by atoms with van der Waals surface area (Å²) in [6, 6.07) is 14.2. The molecule has 1 aromatic heterocycles. The molecular formula is C18H23N3S. The summed E-state index contributed by atoms with van der Waals surface area (Å²) in [7, 11) is 0. The van der Waals surface area contributed by atoms with Crippen molar-refractivity contribution < 1.29 is 0 Å². The average molecular weight is 313 g/mol. The van der Waals surface area contributed by atoms with E-state index in [9.17, 15) is 0 Å². The highest BCUT2D eigenvalue weighted by molar-refractivity contribution is 7.13. The highest BCUT2D eigenvalue weighted by atomic mass is 32.1. The van der Waals surface area contributed by atoms with E-state index >= 15 is 0 Å². The zero-order valence-electron chi connectivity index (χ0n) is 12.9. The molecule has 0 radical (unpaired) electrons. The van der Waals surface area contributed by atoms with Gasteiger partial charge in [-0.15, -0.1) is 11.3 Å². The van der Waals surface area contributed by atoms with Gasteiger partial charge in [0.05, 0.1) is 0 Å². The number of nitrogens with zero attached hydrogens (tertiary/aromatic N) is 2. The fraction of sp³-hybridized carbons (Fsp3) is 0.444.